The van der Waals surface area contributed by atoms with Crippen molar-refractivity contribution in [3.63, 3.8) is 0 Å². The van der Waals surface area contributed by atoms with E-state index in [9.17, 15) is 31.1 Å². The van der Waals surface area contributed by atoms with Crippen LogP contribution in [0.2, 0.25) is 0 Å². The number of ether oxygens (including phenoxy) is 2. The number of hydrogen-bond acceptors (Lipinski definition) is 3. The highest BCUT2D eigenvalue weighted by atomic mass is 19.4. The molecule has 4 saturated carbocycles. The van der Waals surface area contributed by atoms with Crippen molar-refractivity contribution in [3.05, 3.63) is 0 Å². The van der Waals surface area contributed by atoms with E-state index < -0.39 is 42.0 Å². The van der Waals surface area contributed by atoms with Gasteiger partial charge in [-0.1, -0.05) is 0 Å². The Balaban J connectivity index is 1.60. The molecule has 7 atom stereocenters. The van der Waals surface area contributed by atoms with Crippen molar-refractivity contribution in [1.82, 2.24) is 0 Å². The summed E-state index contributed by atoms with van der Waals surface area (Å²) >= 11 is 0. The minimum Gasteiger partial charge on any atom is -0.429 e. The molecule has 9 heteroatoms. The average Bonchev–Trinajstić information content (AvgIpc) is 3.29. The molecule has 7 unspecified atom stereocenters. The molecule has 4 rings (SSSR count). The molecule has 30 heavy (non-hydrogen) atoms. The molecule has 4 aliphatic rings. The van der Waals surface area contributed by atoms with Crippen LogP contribution in [0.25, 0.3) is 0 Å². The van der Waals surface area contributed by atoms with Gasteiger partial charge in [-0.05, 0) is 94.3 Å². The third-order valence-electron chi connectivity index (χ3n) is 7.98. The van der Waals surface area contributed by atoms with E-state index in [0.29, 0.717) is 30.6 Å². The SMILES string of the molecule is CC(C)(C)OC(=O)OC(CC1CC2CC1C1C3CCC(C3)C21)(C(F)(F)F)C(F)(F)F. The summed E-state index contributed by atoms with van der Waals surface area (Å²) in [6.07, 6.45) is -10.5. The number of halogens is 6. The zero-order valence-corrected chi connectivity index (χ0v) is 17.3. The monoisotopic (exact) mass is 442 g/mol. The molecule has 172 valence electrons. The largest absolute Gasteiger partial charge is 0.510 e. The van der Waals surface area contributed by atoms with E-state index in [0.717, 1.165) is 19.3 Å². The van der Waals surface area contributed by atoms with E-state index in [1.165, 1.54) is 20.8 Å². The molecule has 0 saturated heterocycles. The molecule has 0 N–H and O–H groups in total. The summed E-state index contributed by atoms with van der Waals surface area (Å²) in [6.45, 7) is 4.05. The molecule has 4 aliphatic carbocycles. The molecule has 0 aromatic carbocycles. The standard InChI is InChI=1S/C21H28F6O3/c1-18(2,3)29-17(28)30-19(20(22,23)24,21(25,26)27)9-13-7-12-8-14(13)16-11-5-4-10(6-11)15(12)16/h10-16H,4-9H2,1-3H3. The quantitative estimate of drug-likeness (QED) is 0.284. The van der Waals surface area contributed by atoms with Crippen molar-refractivity contribution < 1.29 is 40.6 Å². The van der Waals surface area contributed by atoms with Gasteiger partial charge in [-0.25, -0.2) is 4.79 Å². The summed E-state index contributed by atoms with van der Waals surface area (Å²) < 4.78 is 92.4. The molecular weight excluding hydrogens is 414 g/mol. The van der Waals surface area contributed by atoms with Crippen LogP contribution in [0.3, 0.4) is 0 Å². The van der Waals surface area contributed by atoms with Crippen molar-refractivity contribution in [2.45, 2.75) is 82.9 Å². The number of carbonyl (C=O) groups excluding carboxylic acids is 1. The fourth-order valence-electron chi connectivity index (χ4n) is 7.27. The summed E-state index contributed by atoms with van der Waals surface area (Å²) in [5, 5.41) is 0. The van der Waals surface area contributed by atoms with Crippen LogP contribution in [0.4, 0.5) is 31.1 Å². The predicted molar refractivity (Wildman–Crippen MR) is 94.3 cm³/mol. The van der Waals surface area contributed by atoms with Gasteiger partial charge in [0.15, 0.2) is 0 Å². The molecular formula is C21H28F6O3. The lowest BCUT2D eigenvalue weighted by Gasteiger charge is -2.43. The van der Waals surface area contributed by atoms with Gasteiger partial charge < -0.3 is 9.47 Å². The zero-order chi connectivity index (χ0) is 22.3. The first-order valence-corrected chi connectivity index (χ1v) is 10.7. The smallest absolute Gasteiger partial charge is 0.429 e. The molecule has 0 spiro atoms. The van der Waals surface area contributed by atoms with Crippen molar-refractivity contribution in [1.29, 1.82) is 0 Å². The first-order valence-electron chi connectivity index (χ1n) is 10.7. The van der Waals surface area contributed by atoms with Gasteiger partial charge in [-0.3, -0.25) is 0 Å². The molecule has 4 bridgehead atoms. The summed E-state index contributed by atoms with van der Waals surface area (Å²) in [6, 6.07) is 0. The van der Waals surface area contributed by atoms with Crippen molar-refractivity contribution in [2.75, 3.05) is 0 Å². The Morgan fingerprint density at radius 1 is 0.800 bits per heavy atom. The Hall–Kier alpha value is -1.15. The molecule has 0 aromatic rings. The highest BCUT2D eigenvalue weighted by molar-refractivity contribution is 5.61. The third kappa shape index (κ3) is 3.38. The second kappa shape index (κ2) is 6.67. The minimum absolute atomic E-state index is 0.151. The molecule has 0 aromatic heterocycles. The van der Waals surface area contributed by atoms with Crippen molar-refractivity contribution >= 4 is 6.16 Å². The number of fused-ring (bicyclic) bond motifs is 9. The van der Waals surface area contributed by atoms with E-state index >= 15 is 0 Å². The van der Waals surface area contributed by atoms with Crippen molar-refractivity contribution in [3.8, 4) is 0 Å². The third-order valence-corrected chi connectivity index (χ3v) is 7.98. The lowest BCUT2D eigenvalue weighted by Crippen LogP contribution is -2.61. The number of hydrogen-bond donors (Lipinski definition) is 0. The minimum atomic E-state index is -5.79. The predicted octanol–water partition coefficient (Wildman–Crippen LogP) is 6.51. The summed E-state index contributed by atoms with van der Waals surface area (Å²) in [4.78, 5) is 11.9. The molecule has 3 nitrogen and oxygen atoms in total. The van der Waals surface area contributed by atoms with Gasteiger partial charge in [0.25, 0.3) is 0 Å². The van der Waals surface area contributed by atoms with Crippen LogP contribution < -0.4 is 0 Å². The van der Waals surface area contributed by atoms with Gasteiger partial charge >= 0.3 is 24.1 Å². The van der Waals surface area contributed by atoms with Gasteiger partial charge in [0.05, 0.1) is 0 Å². The van der Waals surface area contributed by atoms with Crippen LogP contribution in [0.5, 0.6) is 0 Å². The van der Waals surface area contributed by atoms with Gasteiger partial charge in [-0.15, -0.1) is 0 Å². The van der Waals surface area contributed by atoms with Crippen LogP contribution in [0.1, 0.15) is 59.3 Å². The van der Waals surface area contributed by atoms with E-state index in [2.05, 4.69) is 9.47 Å². The van der Waals surface area contributed by atoms with Gasteiger partial charge in [-0.2, -0.15) is 26.3 Å². The number of alkyl halides is 6. The van der Waals surface area contributed by atoms with Crippen LogP contribution in [0.15, 0.2) is 0 Å². The van der Waals surface area contributed by atoms with Gasteiger partial charge in [0, 0.05) is 6.42 Å². The fraction of sp³-hybridized carbons (Fsp3) is 0.952. The molecule has 0 amide bonds. The maximum atomic E-state index is 13.9. The first kappa shape index (κ1) is 22.1. The van der Waals surface area contributed by atoms with Gasteiger partial charge in [0.2, 0.25) is 0 Å². The second-order valence-corrected chi connectivity index (χ2v) is 10.7. The topological polar surface area (TPSA) is 35.5 Å². The van der Waals surface area contributed by atoms with E-state index in [-0.39, 0.29) is 17.8 Å². The maximum absolute atomic E-state index is 13.9. The summed E-state index contributed by atoms with van der Waals surface area (Å²) in [5.41, 5.74) is -5.83. The zero-order valence-electron chi connectivity index (χ0n) is 17.3. The van der Waals surface area contributed by atoms with Crippen LogP contribution in [0, 0.1) is 41.4 Å². The first-order chi connectivity index (χ1) is 13.6. The summed E-state index contributed by atoms with van der Waals surface area (Å²) in [5.74, 6) is 0.986. The Bertz CT molecular complexity index is 680. The Morgan fingerprint density at radius 3 is 1.90 bits per heavy atom. The lowest BCUT2D eigenvalue weighted by molar-refractivity contribution is -0.374. The highest BCUT2D eigenvalue weighted by Gasteiger charge is 2.76. The Labute approximate surface area is 171 Å². The normalized spacial score (nSPS) is 38.1. The highest BCUT2D eigenvalue weighted by Crippen LogP contribution is 2.70. The molecule has 4 fully saturated rings. The number of carbonyl (C=O) groups is 1. The molecule has 0 heterocycles. The molecule has 0 radical (unpaired) electrons. The summed E-state index contributed by atoms with van der Waals surface area (Å²) in [7, 11) is 0. The molecule has 0 aliphatic heterocycles. The van der Waals surface area contributed by atoms with Crippen LogP contribution in [-0.2, 0) is 9.47 Å². The average molecular weight is 442 g/mol. The van der Waals surface area contributed by atoms with E-state index in [1.54, 1.807) is 0 Å². The Kier molecular flexibility index (Phi) is 4.91. The van der Waals surface area contributed by atoms with Crippen molar-refractivity contribution in [2.24, 2.45) is 41.4 Å². The van der Waals surface area contributed by atoms with Crippen LogP contribution in [-0.4, -0.2) is 29.7 Å². The van der Waals surface area contributed by atoms with E-state index in [1.807, 2.05) is 0 Å². The van der Waals surface area contributed by atoms with Crippen LogP contribution >= 0.6 is 0 Å². The van der Waals surface area contributed by atoms with Gasteiger partial charge in [0.1, 0.15) is 5.60 Å². The lowest BCUT2D eigenvalue weighted by atomic mass is 9.65. The van der Waals surface area contributed by atoms with E-state index in [4.69, 9.17) is 0 Å². The number of rotatable bonds is 3. The maximum Gasteiger partial charge on any atom is 0.510 e. The second-order valence-electron chi connectivity index (χ2n) is 10.7. The fourth-order valence-corrected chi connectivity index (χ4v) is 7.27. The Morgan fingerprint density at radius 2 is 1.37 bits per heavy atom.